The lowest BCUT2D eigenvalue weighted by molar-refractivity contribution is 0.0780. The molecule has 98 valence electrons. The molecule has 0 fully saturated rings. The van der Waals surface area contributed by atoms with Gasteiger partial charge < -0.3 is 15.7 Å². The molecule has 0 aliphatic carbocycles. The van der Waals surface area contributed by atoms with Crippen molar-refractivity contribution in [2.75, 3.05) is 12.8 Å². The maximum Gasteiger partial charge on any atom is 0.274 e. The summed E-state index contributed by atoms with van der Waals surface area (Å²) in [7, 11) is 1.68. The van der Waals surface area contributed by atoms with Crippen LogP contribution in [0, 0.1) is 0 Å². The van der Waals surface area contributed by atoms with E-state index in [4.69, 9.17) is 5.73 Å². The zero-order chi connectivity index (χ0) is 13.8. The molecule has 0 bridgehead atoms. The summed E-state index contributed by atoms with van der Waals surface area (Å²) in [5, 5.41) is 9.21. The van der Waals surface area contributed by atoms with Crippen molar-refractivity contribution in [3.63, 3.8) is 0 Å². The molecule has 0 atom stereocenters. The van der Waals surface area contributed by atoms with Crippen LogP contribution in [0.3, 0.4) is 0 Å². The first-order valence-electron chi connectivity index (χ1n) is 5.82. The van der Waals surface area contributed by atoms with Crippen molar-refractivity contribution in [2.45, 2.75) is 6.54 Å². The number of aromatic nitrogens is 1. The predicted octanol–water partition coefficient (Wildman–Crippen LogP) is 1.64. The van der Waals surface area contributed by atoms with Gasteiger partial charge in [0.25, 0.3) is 5.91 Å². The molecule has 0 saturated heterocycles. The number of carbonyl (C=O) groups excluding carboxylic acids is 1. The number of hydrogen-bond donors (Lipinski definition) is 2. The zero-order valence-electron chi connectivity index (χ0n) is 10.6. The van der Waals surface area contributed by atoms with Crippen molar-refractivity contribution >= 4 is 11.6 Å². The summed E-state index contributed by atoms with van der Waals surface area (Å²) in [6.45, 7) is 0.426. The van der Waals surface area contributed by atoms with Crippen LogP contribution in [0.4, 0.5) is 5.69 Å². The Bertz CT molecular complexity index is 581. The molecule has 2 aromatic rings. The Labute approximate surface area is 111 Å². The molecule has 2 rings (SSSR count). The third kappa shape index (κ3) is 3.01. The van der Waals surface area contributed by atoms with Gasteiger partial charge in [0.05, 0.1) is 5.69 Å². The molecule has 0 unspecified atom stereocenters. The number of rotatable bonds is 3. The van der Waals surface area contributed by atoms with Crippen LogP contribution in [0.15, 0.2) is 42.6 Å². The molecule has 19 heavy (non-hydrogen) atoms. The van der Waals surface area contributed by atoms with E-state index in [1.807, 2.05) is 0 Å². The number of phenols is 1. The van der Waals surface area contributed by atoms with Gasteiger partial charge >= 0.3 is 0 Å². The fourth-order valence-corrected chi connectivity index (χ4v) is 1.72. The Balaban J connectivity index is 2.12. The van der Waals surface area contributed by atoms with E-state index in [-0.39, 0.29) is 17.4 Å². The van der Waals surface area contributed by atoms with E-state index in [1.165, 1.54) is 11.1 Å². The minimum Gasteiger partial charge on any atom is -0.508 e. The number of nitrogens with zero attached hydrogens (tertiary/aromatic N) is 2. The van der Waals surface area contributed by atoms with Gasteiger partial charge in [-0.1, -0.05) is 12.1 Å². The molecule has 3 N–H and O–H groups in total. The smallest absolute Gasteiger partial charge is 0.274 e. The van der Waals surface area contributed by atoms with Gasteiger partial charge in [-0.05, 0) is 29.8 Å². The highest BCUT2D eigenvalue weighted by Gasteiger charge is 2.15. The zero-order valence-corrected chi connectivity index (χ0v) is 10.6. The maximum atomic E-state index is 12.2. The van der Waals surface area contributed by atoms with Crippen LogP contribution in [0.25, 0.3) is 0 Å². The van der Waals surface area contributed by atoms with Gasteiger partial charge in [-0.15, -0.1) is 0 Å². The molecule has 0 saturated carbocycles. The average molecular weight is 257 g/mol. The third-order valence-corrected chi connectivity index (χ3v) is 2.74. The second kappa shape index (κ2) is 5.39. The summed E-state index contributed by atoms with van der Waals surface area (Å²) < 4.78 is 0. The van der Waals surface area contributed by atoms with Crippen molar-refractivity contribution in [1.29, 1.82) is 0 Å². The molecule has 1 amide bonds. The number of benzene rings is 1. The Morgan fingerprint density at radius 2 is 2.00 bits per heavy atom. The van der Waals surface area contributed by atoms with Gasteiger partial charge in [0.2, 0.25) is 0 Å². The van der Waals surface area contributed by atoms with E-state index in [0.717, 1.165) is 5.56 Å². The molecule has 0 aliphatic heterocycles. The topological polar surface area (TPSA) is 79.5 Å². The van der Waals surface area contributed by atoms with Gasteiger partial charge in [0, 0.05) is 19.8 Å². The van der Waals surface area contributed by atoms with Crippen LogP contribution in [0.1, 0.15) is 16.1 Å². The second-order valence-corrected chi connectivity index (χ2v) is 4.27. The Morgan fingerprint density at radius 3 is 2.63 bits per heavy atom. The summed E-state index contributed by atoms with van der Waals surface area (Å²) >= 11 is 0. The van der Waals surface area contributed by atoms with Gasteiger partial charge in [-0.2, -0.15) is 0 Å². The Kier molecular flexibility index (Phi) is 3.66. The van der Waals surface area contributed by atoms with Gasteiger partial charge in [-0.25, -0.2) is 4.98 Å². The number of nitrogen functional groups attached to an aromatic ring is 1. The van der Waals surface area contributed by atoms with Crippen molar-refractivity contribution in [1.82, 2.24) is 9.88 Å². The monoisotopic (exact) mass is 257 g/mol. The number of carbonyl (C=O) groups is 1. The fraction of sp³-hybridized carbons (Fsp3) is 0.143. The molecule has 1 aromatic carbocycles. The van der Waals surface area contributed by atoms with Crippen molar-refractivity contribution in [3.8, 4) is 5.75 Å². The van der Waals surface area contributed by atoms with Crippen molar-refractivity contribution < 1.29 is 9.90 Å². The SMILES string of the molecule is CN(Cc1ccc(O)cc1)C(=O)c1ncccc1N. The Hall–Kier alpha value is -2.56. The van der Waals surface area contributed by atoms with E-state index in [1.54, 1.807) is 43.4 Å². The van der Waals surface area contributed by atoms with Crippen LogP contribution >= 0.6 is 0 Å². The number of nitrogens with two attached hydrogens (primary N) is 1. The lowest BCUT2D eigenvalue weighted by Gasteiger charge is -2.17. The van der Waals surface area contributed by atoms with Crippen molar-refractivity contribution in [3.05, 3.63) is 53.9 Å². The third-order valence-electron chi connectivity index (χ3n) is 2.74. The van der Waals surface area contributed by atoms with Gasteiger partial charge in [-0.3, -0.25) is 4.79 Å². The van der Waals surface area contributed by atoms with Crippen LogP contribution < -0.4 is 5.73 Å². The molecular formula is C14H15N3O2. The summed E-state index contributed by atoms with van der Waals surface area (Å²) in [6.07, 6.45) is 1.54. The van der Waals surface area contributed by atoms with E-state index in [0.29, 0.717) is 12.2 Å². The van der Waals surface area contributed by atoms with Crippen LogP contribution in [-0.2, 0) is 6.54 Å². The molecular weight excluding hydrogens is 242 g/mol. The summed E-state index contributed by atoms with van der Waals surface area (Å²) in [5.74, 6) is -0.0297. The number of aromatic hydroxyl groups is 1. The largest absolute Gasteiger partial charge is 0.508 e. The van der Waals surface area contributed by atoms with Crippen LogP contribution in [-0.4, -0.2) is 27.9 Å². The molecule has 5 heteroatoms. The summed E-state index contributed by atoms with van der Waals surface area (Å²) in [6, 6.07) is 10.0. The highest BCUT2D eigenvalue weighted by atomic mass is 16.3. The molecule has 0 aliphatic rings. The van der Waals surface area contributed by atoms with Crippen LogP contribution in [0.2, 0.25) is 0 Å². The van der Waals surface area contributed by atoms with Crippen LogP contribution in [0.5, 0.6) is 5.75 Å². The lowest BCUT2D eigenvalue weighted by Crippen LogP contribution is -2.27. The molecule has 0 spiro atoms. The maximum absolute atomic E-state index is 12.2. The number of pyridine rings is 1. The standard InChI is InChI=1S/C14H15N3O2/c1-17(9-10-4-6-11(18)7-5-10)14(19)13-12(15)3-2-8-16-13/h2-8,18H,9,15H2,1H3. The minimum atomic E-state index is -0.230. The van der Waals surface area contributed by atoms with E-state index >= 15 is 0 Å². The highest BCUT2D eigenvalue weighted by Crippen LogP contribution is 2.14. The minimum absolute atomic E-state index is 0.201. The normalized spacial score (nSPS) is 10.2. The first-order valence-corrected chi connectivity index (χ1v) is 5.82. The first kappa shape index (κ1) is 12.9. The first-order chi connectivity index (χ1) is 9.08. The summed E-state index contributed by atoms with van der Waals surface area (Å²) in [5.41, 5.74) is 7.27. The number of amides is 1. The van der Waals surface area contributed by atoms with Gasteiger partial charge in [0.1, 0.15) is 5.75 Å². The van der Waals surface area contributed by atoms with E-state index in [2.05, 4.69) is 4.98 Å². The molecule has 1 heterocycles. The predicted molar refractivity (Wildman–Crippen MR) is 72.6 cm³/mol. The molecule has 0 radical (unpaired) electrons. The quantitative estimate of drug-likeness (QED) is 0.876. The van der Waals surface area contributed by atoms with E-state index < -0.39 is 0 Å². The fourth-order valence-electron chi connectivity index (χ4n) is 1.72. The summed E-state index contributed by atoms with van der Waals surface area (Å²) in [4.78, 5) is 17.7. The number of phenolic OH excluding ortho intramolecular Hbond substituents is 1. The average Bonchev–Trinajstić information content (AvgIpc) is 2.41. The lowest BCUT2D eigenvalue weighted by atomic mass is 10.2. The highest BCUT2D eigenvalue weighted by molar-refractivity contribution is 5.96. The van der Waals surface area contributed by atoms with Gasteiger partial charge in [0.15, 0.2) is 5.69 Å². The molecule has 1 aromatic heterocycles. The molecule has 5 nitrogen and oxygen atoms in total. The Morgan fingerprint density at radius 1 is 1.32 bits per heavy atom. The second-order valence-electron chi connectivity index (χ2n) is 4.27. The van der Waals surface area contributed by atoms with E-state index in [9.17, 15) is 9.90 Å². The number of anilines is 1. The number of hydrogen-bond acceptors (Lipinski definition) is 4. The van der Waals surface area contributed by atoms with Crippen molar-refractivity contribution in [2.24, 2.45) is 0 Å².